The maximum absolute atomic E-state index is 4.10. The summed E-state index contributed by atoms with van der Waals surface area (Å²) < 4.78 is 0. The van der Waals surface area contributed by atoms with Gasteiger partial charge in [-0.15, -0.1) is 0 Å². The molecule has 4 bridgehead atoms. The van der Waals surface area contributed by atoms with Gasteiger partial charge in [0.15, 0.2) is 0 Å². The Bertz CT molecular complexity index is 429. The van der Waals surface area contributed by atoms with Crippen LogP contribution in [0.2, 0.25) is 0 Å². The van der Waals surface area contributed by atoms with Gasteiger partial charge in [-0.05, 0) is 98.7 Å². The van der Waals surface area contributed by atoms with E-state index in [0.29, 0.717) is 0 Å². The normalized spacial score (nSPS) is 37.0. The molecule has 0 aromatic carbocycles. The van der Waals surface area contributed by atoms with Crippen LogP contribution in [0.1, 0.15) is 69.8 Å². The average Bonchev–Trinajstić information content (AvgIpc) is 2.46. The molecule has 0 N–H and O–H groups in total. The minimum absolute atomic E-state index is 0.797. The first kappa shape index (κ1) is 13.8. The highest BCUT2D eigenvalue weighted by atomic mass is 14.6. The summed E-state index contributed by atoms with van der Waals surface area (Å²) in [6.07, 6.45) is 20.4. The van der Waals surface area contributed by atoms with Crippen LogP contribution in [0.25, 0.3) is 0 Å². The molecule has 0 aliphatic heterocycles. The van der Waals surface area contributed by atoms with Crippen molar-refractivity contribution in [3.05, 3.63) is 30.1 Å². The van der Waals surface area contributed by atoms with Crippen molar-refractivity contribution in [3.8, 4) is 0 Å². The molecule has 1 aromatic rings. The standard InChI is InChI=1S/C20H29N/c1(2-4-16-5-8-21-9-6-16)3-7-20-13-17-10-18(14-20)12-19(11-17)15-20/h5-6,8-9,17-19H,1-4,7,10-15H2. The van der Waals surface area contributed by atoms with Crippen LogP contribution >= 0.6 is 0 Å². The van der Waals surface area contributed by atoms with Crippen molar-refractivity contribution in [2.24, 2.45) is 23.2 Å². The summed E-state index contributed by atoms with van der Waals surface area (Å²) in [5, 5.41) is 0. The topological polar surface area (TPSA) is 12.9 Å². The Morgan fingerprint density at radius 2 is 1.48 bits per heavy atom. The second-order valence-electron chi connectivity index (χ2n) is 8.33. The molecule has 0 unspecified atom stereocenters. The Kier molecular flexibility index (Phi) is 3.77. The van der Waals surface area contributed by atoms with E-state index in [4.69, 9.17) is 0 Å². The summed E-state index contributed by atoms with van der Waals surface area (Å²) >= 11 is 0. The fraction of sp³-hybridized carbons (Fsp3) is 0.750. The molecular weight excluding hydrogens is 254 g/mol. The molecular formula is C20H29N. The number of pyridine rings is 1. The van der Waals surface area contributed by atoms with E-state index in [9.17, 15) is 0 Å². The lowest BCUT2D eigenvalue weighted by Gasteiger charge is -2.57. The van der Waals surface area contributed by atoms with Gasteiger partial charge >= 0.3 is 0 Å². The molecule has 1 heterocycles. The van der Waals surface area contributed by atoms with E-state index >= 15 is 0 Å². The molecule has 1 nitrogen and oxygen atoms in total. The zero-order chi connectivity index (χ0) is 14.1. The van der Waals surface area contributed by atoms with Gasteiger partial charge in [0.1, 0.15) is 0 Å². The van der Waals surface area contributed by atoms with Crippen LogP contribution in [-0.2, 0) is 6.42 Å². The first-order valence-corrected chi connectivity index (χ1v) is 9.20. The number of aryl methyl sites for hydroxylation is 1. The summed E-state index contributed by atoms with van der Waals surface area (Å²) in [4.78, 5) is 4.10. The zero-order valence-electron chi connectivity index (χ0n) is 13.3. The van der Waals surface area contributed by atoms with Crippen LogP contribution in [0.4, 0.5) is 0 Å². The van der Waals surface area contributed by atoms with Gasteiger partial charge in [0, 0.05) is 12.4 Å². The summed E-state index contributed by atoms with van der Waals surface area (Å²) in [7, 11) is 0. The lowest BCUT2D eigenvalue weighted by molar-refractivity contribution is -0.0583. The van der Waals surface area contributed by atoms with Crippen molar-refractivity contribution >= 4 is 0 Å². The molecule has 4 aliphatic carbocycles. The summed E-state index contributed by atoms with van der Waals surface area (Å²) in [5.41, 5.74) is 2.26. The molecule has 0 atom stereocenters. The third kappa shape index (κ3) is 3.03. The Labute approximate surface area is 129 Å². The number of hydrogen-bond donors (Lipinski definition) is 0. The zero-order valence-corrected chi connectivity index (χ0v) is 13.3. The van der Waals surface area contributed by atoms with Gasteiger partial charge in [0.2, 0.25) is 0 Å². The molecule has 114 valence electrons. The molecule has 0 spiro atoms. The molecule has 0 radical (unpaired) electrons. The van der Waals surface area contributed by atoms with Crippen LogP contribution in [0.15, 0.2) is 24.5 Å². The predicted molar refractivity (Wildman–Crippen MR) is 87.0 cm³/mol. The summed E-state index contributed by atoms with van der Waals surface area (Å²) in [6, 6.07) is 4.33. The maximum atomic E-state index is 4.10. The van der Waals surface area contributed by atoms with E-state index in [1.807, 2.05) is 12.4 Å². The average molecular weight is 283 g/mol. The molecule has 4 aliphatic rings. The third-order valence-electron chi connectivity index (χ3n) is 6.59. The van der Waals surface area contributed by atoms with Gasteiger partial charge in [-0.1, -0.05) is 12.8 Å². The molecule has 4 fully saturated rings. The van der Waals surface area contributed by atoms with Crippen LogP contribution in [0.5, 0.6) is 0 Å². The fourth-order valence-electron chi connectivity index (χ4n) is 6.15. The largest absolute Gasteiger partial charge is 0.265 e. The highest BCUT2D eigenvalue weighted by molar-refractivity contribution is 5.09. The smallest absolute Gasteiger partial charge is 0.0270 e. The molecule has 5 rings (SSSR count). The van der Waals surface area contributed by atoms with Gasteiger partial charge in [-0.3, -0.25) is 4.98 Å². The molecule has 0 amide bonds. The SMILES string of the molecule is c1cc(CCCCCC23CC4CC(CC(C4)C2)C3)ccn1. The van der Waals surface area contributed by atoms with E-state index in [0.717, 1.165) is 23.2 Å². The van der Waals surface area contributed by atoms with E-state index < -0.39 is 0 Å². The maximum Gasteiger partial charge on any atom is 0.0270 e. The molecule has 4 saturated carbocycles. The van der Waals surface area contributed by atoms with E-state index in [-0.39, 0.29) is 0 Å². The first-order valence-electron chi connectivity index (χ1n) is 9.20. The number of rotatable bonds is 6. The molecule has 0 saturated heterocycles. The molecule has 1 aromatic heterocycles. The summed E-state index contributed by atoms with van der Waals surface area (Å²) in [5.74, 6) is 3.36. The highest BCUT2D eigenvalue weighted by Crippen LogP contribution is 2.61. The van der Waals surface area contributed by atoms with Gasteiger partial charge in [0.25, 0.3) is 0 Å². The van der Waals surface area contributed by atoms with Gasteiger partial charge in [0.05, 0.1) is 0 Å². The second kappa shape index (κ2) is 5.74. The van der Waals surface area contributed by atoms with Crippen molar-refractivity contribution in [1.29, 1.82) is 0 Å². The Hall–Kier alpha value is -0.850. The minimum Gasteiger partial charge on any atom is -0.265 e. The molecule has 1 heteroatoms. The second-order valence-corrected chi connectivity index (χ2v) is 8.33. The Morgan fingerprint density at radius 3 is 2.10 bits per heavy atom. The van der Waals surface area contributed by atoms with Gasteiger partial charge in [-0.2, -0.15) is 0 Å². The van der Waals surface area contributed by atoms with Crippen molar-refractivity contribution in [3.63, 3.8) is 0 Å². The van der Waals surface area contributed by atoms with Gasteiger partial charge < -0.3 is 0 Å². The highest BCUT2D eigenvalue weighted by Gasteiger charge is 2.50. The number of hydrogen-bond acceptors (Lipinski definition) is 1. The van der Waals surface area contributed by atoms with Gasteiger partial charge in [-0.25, -0.2) is 0 Å². The van der Waals surface area contributed by atoms with E-state index in [1.54, 1.807) is 38.5 Å². The van der Waals surface area contributed by atoms with Crippen LogP contribution < -0.4 is 0 Å². The first-order chi connectivity index (χ1) is 10.3. The van der Waals surface area contributed by atoms with Crippen LogP contribution in [0.3, 0.4) is 0 Å². The van der Waals surface area contributed by atoms with Crippen LogP contribution in [-0.4, -0.2) is 4.98 Å². The Balaban J connectivity index is 1.22. The third-order valence-corrected chi connectivity index (χ3v) is 6.59. The summed E-state index contributed by atoms with van der Waals surface area (Å²) in [6.45, 7) is 0. The lowest BCUT2D eigenvalue weighted by Crippen LogP contribution is -2.45. The number of nitrogens with zero attached hydrogens (tertiary/aromatic N) is 1. The predicted octanol–water partition coefficient (Wildman–Crippen LogP) is 5.40. The van der Waals surface area contributed by atoms with Crippen molar-refractivity contribution in [1.82, 2.24) is 4.98 Å². The monoisotopic (exact) mass is 283 g/mol. The number of aromatic nitrogens is 1. The van der Waals surface area contributed by atoms with E-state index in [2.05, 4.69) is 17.1 Å². The van der Waals surface area contributed by atoms with E-state index in [1.165, 1.54) is 37.7 Å². The van der Waals surface area contributed by atoms with Crippen molar-refractivity contribution in [2.45, 2.75) is 70.6 Å². The lowest BCUT2D eigenvalue weighted by atomic mass is 9.48. The number of unbranched alkanes of at least 4 members (excludes halogenated alkanes) is 2. The Morgan fingerprint density at radius 1 is 0.857 bits per heavy atom. The van der Waals surface area contributed by atoms with Crippen LogP contribution in [0, 0.1) is 23.2 Å². The fourth-order valence-corrected chi connectivity index (χ4v) is 6.15. The quantitative estimate of drug-likeness (QED) is 0.637. The minimum atomic E-state index is 0.797. The molecule has 21 heavy (non-hydrogen) atoms. The van der Waals surface area contributed by atoms with Crippen molar-refractivity contribution in [2.75, 3.05) is 0 Å². The van der Waals surface area contributed by atoms with Crippen molar-refractivity contribution < 1.29 is 0 Å².